The molecule has 28 heavy (non-hydrogen) atoms. The Morgan fingerprint density at radius 1 is 1.11 bits per heavy atom. The van der Waals surface area contributed by atoms with Crippen molar-refractivity contribution >= 4 is 15.9 Å². The molecular weight excluding hydrogens is 376 g/mol. The Morgan fingerprint density at radius 3 is 2.61 bits per heavy atom. The Labute approximate surface area is 166 Å². The summed E-state index contributed by atoms with van der Waals surface area (Å²) in [6, 6.07) is 16.8. The molecule has 1 fully saturated rings. The van der Waals surface area contributed by atoms with E-state index >= 15 is 0 Å². The Bertz CT molecular complexity index is 900. The minimum Gasteiger partial charge on any atom is -0.489 e. The minimum atomic E-state index is -3.39. The lowest BCUT2D eigenvalue weighted by Crippen LogP contribution is -2.51. The van der Waals surface area contributed by atoms with Crippen LogP contribution in [0.3, 0.4) is 0 Å². The average Bonchev–Trinajstić information content (AvgIpc) is 2.71. The van der Waals surface area contributed by atoms with Gasteiger partial charge in [0.1, 0.15) is 18.4 Å². The van der Waals surface area contributed by atoms with Crippen LogP contribution in [0.5, 0.6) is 5.75 Å². The highest BCUT2D eigenvalue weighted by atomic mass is 32.2. The van der Waals surface area contributed by atoms with Crippen molar-refractivity contribution < 1.29 is 17.9 Å². The zero-order valence-electron chi connectivity index (χ0n) is 16.0. The molecule has 1 amide bonds. The summed E-state index contributed by atoms with van der Waals surface area (Å²) in [5, 5.41) is 2.89. The van der Waals surface area contributed by atoms with E-state index in [2.05, 4.69) is 5.32 Å². The van der Waals surface area contributed by atoms with Crippen molar-refractivity contribution in [3.63, 3.8) is 0 Å². The third-order valence-electron chi connectivity index (χ3n) is 4.79. The lowest BCUT2D eigenvalue weighted by molar-refractivity contribution is -0.125. The van der Waals surface area contributed by atoms with Gasteiger partial charge < -0.3 is 10.1 Å². The second-order valence-electron chi connectivity index (χ2n) is 7.02. The molecule has 0 spiro atoms. The molecule has 0 bridgehead atoms. The van der Waals surface area contributed by atoms with Crippen LogP contribution in [0.15, 0.2) is 54.6 Å². The molecule has 2 aromatic rings. The predicted molar refractivity (Wildman–Crippen MR) is 108 cm³/mol. The van der Waals surface area contributed by atoms with Crippen LogP contribution in [0.1, 0.15) is 30.4 Å². The fourth-order valence-corrected chi connectivity index (χ4v) is 4.51. The number of hydrogen-bond acceptors (Lipinski definition) is 4. The maximum atomic E-state index is 12.6. The highest BCUT2D eigenvalue weighted by Crippen LogP contribution is 2.20. The molecule has 0 aromatic heterocycles. The molecule has 0 radical (unpaired) electrons. The van der Waals surface area contributed by atoms with Crippen molar-refractivity contribution in [2.45, 2.75) is 38.5 Å². The summed E-state index contributed by atoms with van der Waals surface area (Å²) in [6.07, 6.45) is 3.37. The second-order valence-corrected chi connectivity index (χ2v) is 8.96. The number of amides is 1. The van der Waals surface area contributed by atoms with Crippen molar-refractivity contribution in [2.75, 3.05) is 12.8 Å². The van der Waals surface area contributed by atoms with Crippen LogP contribution in [-0.4, -0.2) is 37.5 Å². The third-order valence-corrected chi connectivity index (χ3v) is 6.08. The highest BCUT2D eigenvalue weighted by molar-refractivity contribution is 7.88. The van der Waals surface area contributed by atoms with Crippen LogP contribution in [0.4, 0.5) is 0 Å². The Kier molecular flexibility index (Phi) is 6.70. The number of piperidine rings is 1. The van der Waals surface area contributed by atoms with Gasteiger partial charge in [-0.2, -0.15) is 4.31 Å². The number of ether oxygens (including phenoxy) is 1. The molecule has 1 atom stereocenters. The van der Waals surface area contributed by atoms with Gasteiger partial charge in [0.15, 0.2) is 0 Å². The summed E-state index contributed by atoms with van der Waals surface area (Å²) >= 11 is 0. The van der Waals surface area contributed by atoms with Gasteiger partial charge in [-0.3, -0.25) is 4.79 Å². The van der Waals surface area contributed by atoms with Crippen molar-refractivity contribution in [3.8, 4) is 5.75 Å². The first kappa shape index (κ1) is 20.4. The molecule has 1 aliphatic rings. The van der Waals surface area contributed by atoms with Crippen molar-refractivity contribution in [1.82, 2.24) is 9.62 Å². The van der Waals surface area contributed by atoms with E-state index in [0.29, 0.717) is 26.1 Å². The molecule has 0 saturated carbocycles. The Morgan fingerprint density at radius 2 is 1.86 bits per heavy atom. The third kappa shape index (κ3) is 5.56. The van der Waals surface area contributed by atoms with Gasteiger partial charge in [0.2, 0.25) is 15.9 Å². The summed E-state index contributed by atoms with van der Waals surface area (Å²) in [4.78, 5) is 12.6. The smallest absolute Gasteiger partial charge is 0.238 e. The summed E-state index contributed by atoms with van der Waals surface area (Å²) in [7, 11) is -3.39. The van der Waals surface area contributed by atoms with Gasteiger partial charge in [-0.25, -0.2) is 8.42 Å². The predicted octanol–water partition coefficient (Wildman–Crippen LogP) is 2.70. The van der Waals surface area contributed by atoms with E-state index in [1.807, 2.05) is 54.6 Å². The minimum absolute atomic E-state index is 0.240. The maximum Gasteiger partial charge on any atom is 0.238 e. The number of nitrogens with one attached hydrogen (secondary N) is 1. The molecular formula is C21H26N2O4S. The van der Waals surface area contributed by atoms with Gasteiger partial charge in [-0.05, 0) is 36.1 Å². The average molecular weight is 403 g/mol. The number of benzene rings is 2. The largest absolute Gasteiger partial charge is 0.489 e. The normalized spacial score (nSPS) is 17.8. The standard InChI is InChI=1S/C21H26N2O4S/c1-28(25,26)23-13-6-5-12-20(23)21(24)22-15-17-8-7-9-18(14-17)16-27-19-10-3-2-4-11-19/h2-4,7-11,14,20H,5-6,12-13,15-16H2,1H3,(H,22,24). The quantitative estimate of drug-likeness (QED) is 0.773. The highest BCUT2D eigenvalue weighted by Gasteiger charge is 2.34. The van der Waals surface area contributed by atoms with Gasteiger partial charge in [0.25, 0.3) is 0 Å². The van der Waals surface area contributed by atoms with Crippen LogP contribution in [0.25, 0.3) is 0 Å². The number of carbonyl (C=O) groups is 1. The van der Waals surface area contributed by atoms with Crippen LogP contribution in [-0.2, 0) is 28.0 Å². The first-order chi connectivity index (χ1) is 13.4. The number of rotatable bonds is 7. The topological polar surface area (TPSA) is 75.7 Å². The van der Waals surface area contributed by atoms with E-state index in [9.17, 15) is 13.2 Å². The molecule has 1 saturated heterocycles. The molecule has 2 aromatic carbocycles. The molecule has 0 aliphatic carbocycles. The molecule has 3 rings (SSSR count). The van der Waals surface area contributed by atoms with Crippen LogP contribution < -0.4 is 10.1 Å². The van der Waals surface area contributed by atoms with E-state index in [4.69, 9.17) is 4.74 Å². The molecule has 6 nitrogen and oxygen atoms in total. The molecule has 150 valence electrons. The zero-order chi connectivity index (χ0) is 20.0. The number of para-hydroxylation sites is 1. The molecule has 1 N–H and O–H groups in total. The molecule has 7 heteroatoms. The lowest BCUT2D eigenvalue weighted by atomic mass is 10.0. The second kappa shape index (κ2) is 9.21. The molecule has 1 heterocycles. The van der Waals surface area contributed by atoms with Gasteiger partial charge in [-0.15, -0.1) is 0 Å². The number of nitrogens with zero attached hydrogens (tertiary/aromatic N) is 1. The summed E-state index contributed by atoms with van der Waals surface area (Å²) in [6.45, 7) is 1.20. The first-order valence-corrected chi connectivity index (χ1v) is 11.3. The van der Waals surface area contributed by atoms with Crippen LogP contribution in [0, 0.1) is 0 Å². The maximum absolute atomic E-state index is 12.6. The van der Waals surface area contributed by atoms with E-state index < -0.39 is 16.1 Å². The van der Waals surface area contributed by atoms with Crippen molar-refractivity contribution in [2.24, 2.45) is 0 Å². The fraction of sp³-hybridized carbons (Fsp3) is 0.381. The van der Waals surface area contributed by atoms with Crippen molar-refractivity contribution in [1.29, 1.82) is 0 Å². The van der Waals surface area contributed by atoms with Crippen LogP contribution in [0.2, 0.25) is 0 Å². The Hall–Kier alpha value is -2.38. The summed E-state index contributed by atoms with van der Waals surface area (Å²) < 4.78 is 31.0. The van der Waals surface area contributed by atoms with E-state index in [-0.39, 0.29) is 5.91 Å². The van der Waals surface area contributed by atoms with Gasteiger partial charge in [0.05, 0.1) is 6.26 Å². The molecule has 1 unspecified atom stereocenters. The zero-order valence-corrected chi connectivity index (χ0v) is 16.8. The summed E-state index contributed by atoms with van der Waals surface area (Å²) in [5.74, 6) is 0.565. The van der Waals surface area contributed by atoms with Crippen molar-refractivity contribution in [3.05, 3.63) is 65.7 Å². The van der Waals surface area contributed by atoms with Crippen LogP contribution >= 0.6 is 0 Å². The van der Waals surface area contributed by atoms with Gasteiger partial charge in [-0.1, -0.05) is 48.9 Å². The number of carbonyl (C=O) groups excluding carboxylic acids is 1. The van der Waals surface area contributed by atoms with E-state index in [1.54, 1.807) is 0 Å². The van der Waals surface area contributed by atoms with Gasteiger partial charge >= 0.3 is 0 Å². The monoisotopic (exact) mass is 402 g/mol. The number of hydrogen-bond donors (Lipinski definition) is 1. The number of sulfonamides is 1. The first-order valence-electron chi connectivity index (χ1n) is 9.44. The van der Waals surface area contributed by atoms with Gasteiger partial charge in [0, 0.05) is 13.1 Å². The fourth-order valence-electron chi connectivity index (χ4n) is 3.38. The Balaban J connectivity index is 1.57. The molecule has 1 aliphatic heterocycles. The SMILES string of the molecule is CS(=O)(=O)N1CCCCC1C(=O)NCc1cccc(COc2ccccc2)c1. The lowest BCUT2D eigenvalue weighted by Gasteiger charge is -2.32. The van der Waals surface area contributed by atoms with E-state index in [0.717, 1.165) is 36.0 Å². The summed E-state index contributed by atoms with van der Waals surface area (Å²) in [5.41, 5.74) is 1.95. The van der Waals surface area contributed by atoms with E-state index in [1.165, 1.54) is 4.31 Å².